The third-order valence-electron chi connectivity index (χ3n) is 4.63. The number of piperidine rings is 1. The maximum Gasteiger partial charge on any atom is 0.220 e. The van der Waals surface area contributed by atoms with E-state index in [9.17, 15) is 10.1 Å². The van der Waals surface area contributed by atoms with E-state index in [0.717, 1.165) is 44.6 Å². The summed E-state index contributed by atoms with van der Waals surface area (Å²) in [7, 11) is 0. The van der Waals surface area contributed by atoms with Crippen molar-refractivity contribution in [1.29, 1.82) is 5.26 Å². The molecule has 5 heteroatoms. The van der Waals surface area contributed by atoms with Crippen LogP contribution in [0.15, 0.2) is 30.5 Å². The van der Waals surface area contributed by atoms with Crippen molar-refractivity contribution in [2.75, 3.05) is 18.0 Å². The van der Waals surface area contributed by atoms with Crippen molar-refractivity contribution in [3.8, 4) is 6.07 Å². The second-order valence-corrected chi connectivity index (χ2v) is 6.28. The molecular weight excluding hydrogens is 288 g/mol. The molecule has 1 atom stereocenters. The minimum atomic E-state index is 0.163. The minimum absolute atomic E-state index is 0.163. The topological polar surface area (TPSA) is 69.0 Å². The number of carbonyl (C=O) groups excluding carboxylic acids is 1. The van der Waals surface area contributed by atoms with Crippen LogP contribution >= 0.6 is 0 Å². The van der Waals surface area contributed by atoms with Crippen LogP contribution in [-0.2, 0) is 4.79 Å². The number of aromatic nitrogens is 1. The molecule has 1 aliphatic heterocycles. The van der Waals surface area contributed by atoms with Gasteiger partial charge in [0.1, 0.15) is 11.9 Å². The highest BCUT2D eigenvalue weighted by atomic mass is 16.1. The highest BCUT2D eigenvalue weighted by molar-refractivity contribution is 5.76. The summed E-state index contributed by atoms with van der Waals surface area (Å²) >= 11 is 0. The third kappa shape index (κ3) is 3.89. The number of nitriles is 1. The van der Waals surface area contributed by atoms with Crippen LogP contribution in [0.3, 0.4) is 0 Å². The van der Waals surface area contributed by atoms with Gasteiger partial charge in [-0.25, -0.2) is 4.98 Å². The summed E-state index contributed by atoms with van der Waals surface area (Å²) in [5, 5.41) is 12.3. The molecule has 1 aliphatic carbocycles. The summed E-state index contributed by atoms with van der Waals surface area (Å²) in [6.07, 6.45) is 10.6. The number of nitrogens with zero attached hydrogens (tertiary/aromatic N) is 3. The van der Waals surface area contributed by atoms with E-state index in [1.165, 1.54) is 0 Å². The first-order chi connectivity index (χ1) is 11.3. The Balaban J connectivity index is 1.49. The van der Waals surface area contributed by atoms with Gasteiger partial charge in [-0.15, -0.1) is 0 Å². The summed E-state index contributed by atoms with van der Waals surface area (Å²) in [5.41, 5.74) is 0.614. The lowest BCUT2D eigenvalue weighted by Gasteiger charge is -2.33. The number of nitrogens with one attached hydrogen (secondary N) is 1. The molecule has 0 radical (unpaired) electrons. The van der Waals surface area contributed by atoms with Gasteiger partial charge >= 0.3 is 0 Å². The number of hydrogen-bond donors (Lipinski definition) is 1. The average molecular weight is 310 g/mol. The highest BCUT2D eigenvalue weighted by Crippen LogP contribution is 2.22. The highest BCUT2D eigenvalue weighted by Gasteiger charge is 2.24. The van der Waals surface area contributed by atoms with Gasteiger partial charge in [-0.1, -0.05) is 12.2 Å². The zero-order valence-electron chi connectivity index (χ0n) is 13.2. The Morgan fingerprint density at radius 1 is 1.39 bits per heavy atom. The Kier molecular flexibility index (Phi) is 4.92. The molecule has 3 rings (SSSR count). The molecule has 1 aromatic heterocycles. The standard InChI is InChI=1S/C18H22N4O/c19-13-15-6-3-9-20-18(15)22-10-7-16(8-11-22)21-17(23)12-14-4-1-2-5-14/h1,3-4,6,9,14,16H,2,5,7-8,10-12H2,(H,21,23). The number of anilines is 1. The van der Waals surface area contributed by atoms with E-state index in [4.69, 9.17) is 0 Å². The number of pyridine rings is 1. The first kappa shape index (κ1) is 15.5. The number of hydrogen-bond acceptors (Lipinski definition) is 4. The molecule has 0 bridgehead atoms. The molecule has 1 unspecified atom stereocenters. The van der Waals surface area contributed by atoms with E-state index in [-0.39, 0.29) is 11.9 Å². The van der Waals surface area contributed by atoms with Gasteiger partial charge in [-0.05, 0) is 43.7 Å². The summed E-state index contributed by atoms with van der Waals surface area (Å²) in [4.78, 5) is 18.6. The van der Waals surface area contributed by atoms with Crippen molar-refractivity contribution in [2.45, 2.75) is 38.1 Å². The second-order valence-electron chi connectivity index (χ2n) is 6.28. The monoisotopic (exact) mass is 310 g/mol. The SMILES string of the molecule is N#Cc1cccnc1N1CCC(NC(=O)CC2C=CCC2)CC1. The quantitative estimate of drug-likeness (QED) is 0.867. The zero-order valence-corrected chi connectivity index (χ0v) is 13.2. The first-order valence-electron chi connectivity index (χ1n) is 8.32. The molecule has 1 fully saturated rings. The Labute approximate surface area is 137 Å². The molecular formula is C18H22N4O. The molecule has 120 valence electrons. The van der Waals surface area contributed by atoms with Crippen LogP contribution in [0.2, 0.25) is 0 Å². The van der Waals surface area contributed by atoms with Gasteiger partial charge in [0.25, 0.3) is 0 Å². The van der Waals surface area contributed by atoms with Crippen molar-refractivity contribution in [3.05, 3.63) is 36.0 Å². The molecule has 1 N–H and O–H groups in total. The van der Waals surface area contributed by atoms with Crippen LogP contribution in [0.5, 0.6) is 0 Å². The summed E-state index contributed by atoms with van der Waals surface area (Å²) in [5.74, 6) is 1.34. The van der Waals surface area contributed by atoms with Gasteiger partial charge in [0, 0.05) is 31.7 Å². The van der Waals surface area contributed by atoms with Crippen LogP contribution in [0.4, 0.5) is 5.82 Å². The fraction of sp³-hybridized carbons (Fsp3) is 0.500. The lowest BCUT2D eigenvalue weighted by molar-refractivity contribution is -0.122. The van der Waals surface area contributed by atoms with E-state index >= 15 is 0 Å². The molecule has 0 spiro atoms. The normalized spacial score (nSPS) is 21.2. The second kappa shape index (κ2) is 7.28. The maximum atomic E-state index is 12.1. The van der Waals surface area contributed by atoms with E-state index < -0.39 is 0 Å². The van der Waals surface area contributed by atoms with E-state index in [1.54, 1.807) is 18.3 Å². The largest absolute Gasteiger partial charge is 0.355 e. The lowest BCUT2D eigenvalue weighted by atomic mass is 10.0. The van der Waals surface area contributed by atoms with E-state index in [0.29, 0.717) is 17.9 Å². The van der Waals surface area contributed by atoms with Crippen molar-refractivity contribution in [1.82, 2.24) is 10.3 Å². The Morgan fingerprint density at radius 3 is 2.91 bits per heavy atom. The van der Waals surface area contributed by atoms with Gasteiger partial charge in [-0.2, -0.15) is 5.26 Å². The third-order valence-corrected chi connectivity index (χ3v) is 4.63. The van der Waals surface area contributed by atoms with Crippen LogP contribution in [-0.4, -0.2) is 30.0 Å². The molecule has 0 saturated carbocycles. The average Bonchev–Trinajstić information content (AvgIpc) is 3.08. The Morgan fingerprint density at radius 2 is 2.22 bits per heavy atom. The van der Waals surface area contributed by atoms with Crippen LogP contribution < -0.4 is 10.2 Å². The first-order valence-corrected chi connectivity index (χ1v) is 8.32. The van der Waals surface area contributed by atoms with Crippen molar-refractivity contribution >= 4 is 11.7 Å². The molecule has 1 saturated heterocycles. The minimum Gasteiger partial charge on any atom is -0.355 e. The molecule has 2 aliphatic rings. The zero-order chi connectivity index (χ0) is 16.1. The van der Waals surface area contributed by atoms with Gasteiger partial charge in [0.2, 0.25) is 5.91 Å². The van der Waals surface area contributed by atoms with Gasteiger partial charge < -0.3 is 10.2 Å². The van der Waals surface area contributed by atoms with Crippen LogP contribution in [0.25, 0.3) is 0 Å². The summed E-state index contributed by atoms with van der Waals surface area (Å²) < 4.78 is 0. The number of amides is 1. The van der Waals surface area contributed by atoms with Crippen molar-refractivity contribution in [2.24, 2.45) is 5.92 Å². The van der Waals surface area contributed by atoms with Crippen LogP contribution in [0, 0.1) is 17.2 Å². The number of allylic oxidation sites excluding steroid dienone is 2. The fourth-order valence-electron chi connectivity index (χ4n) is 3.36. The molecule has 1 aromatic rings. The Hall–Kier alpha value is -2.35. The predicted molar refractivity (Wildman–Crippen MR) is 88.8 cm³/mol. The molecule has 0 aromatic carbocycles. The van der Waals surface area contributed by atoms with Crippen molar-refractivity contribution in [3.63, 3.8) is 0 Å². The van der Waals surface area contributed by atoms with Crippen LogP contribution in [0.1, 0.15) is 37.7 Å². The lowest BCUT2D eigenvalue weighted by Crippen LogP contribution is -2.45. The smallest absolute Gasteiger partial charge is 0.220 e. The fourth-order valence-corrected chi connectivity index (χ4v) is 3.36. The Bertz CT molecular complexity index is 626. The predicted octanol–water partition coefficient (Wildman–Crippen LogP) is 2.39. The van der Waals surface area contributed by atoms with E-state index in [1.807, 2.05) is 0 Å². The molecule has 23 heavy (non-hydrogen) atoms. The van der Waals surface area contributed by atoms with Crippen molar-refractivity contribution < 1.29 is 4.79 Å². The summed E-state index contributed by atoms with van der Waals surface area (Å²) in [6, 6.07) is 6.01. The number of rotatable bonds is 4. The van der Waals surface area contributed by atoms with E-state index in [2.05, 4.69) is 33.4 Å². The molecule has 2 heterocycles. The maximum absolute atomic E-state index is 12.1. The molecule has 1 amide bonds. The number of carbonyl (C=O) groups is 1. The summed E-state index contributed by atoms with van der Waals surface area (Å²) in [6.45, 7) is 1.64. The van der Waals surface area contributed by atoms with Gasteiger partial charge in [0.05, 0.1) is 5.56 Å². The van der Waals surface area contributed by atoms with Gasteiger partial charge in [-0.3, -0.25) is 4.79 Å². The van der Waals surface area contributed by atoms with Gasteiger partial charge in [0.15, 0.2) is 0 Å². The molecule has 5 nitrogen and oxygen atoms in total.